The van der Waals surface area contributed by atoms with E-state index in [1.807, 2.05) is 30.3 Å². The Labute approximate surface area is 194 Å². The highest BCUT2D eigenvalue weighted by molar-refractivity contribution is 7.99. The minimum Gasteiger partial charge on any atom is -0.355 e. The summed E-state index contributed by atoms with van der Waals surface area (Å²) in [5.74, 6) is -0.665. The Kier molecular flexibility index (Phi) is 6.80. The number of hydrogen-bond acceptors (Lipinski definition) is 5. The summed E-state index contributed by atoms with van der Waals surface area (Å²) >= 11 is 1.16. The lowest BCUT2D eigenvalue weighted by atomic mass is 10.1. The SMILES string of the molecule is CNC(=O)c1ccccc1NC(=O)CSc1nnc(-c2ccccc2F)n1-c1ccccc1. The van der Waals surface area contributed by atoms with Gasteiger partial charge in [-0.05, 0) is 36.4 Å². The number of hydrogen-bond donors (Lipinski definition) is 2. The molecule has 0 saturated carbocycles. The van der Waals surface area contributed by atoms with Crippen LogP contribution < -0.4 is 10.6 Å². The number of anilines is 1. The Morgan fingerprint density at radius 1 is 0.939 bits per heavy atom. The average Bonchev–Trinajstić information content (AvgIpc) is 3.27. The molecule has 0 saturated heterocycles. The molecule has 2 amide bonds. The van der Waals surface area contributed by atoms with Crippen LogP contribution in [0.5, 0.6) is 0 Å². The van der Waals surface area contributed by atoms with Gasteiger partial charge < -0.3 is 10.6 Å². The second-order valence-corrected chi connectivity index (χ2v) is 7.86. The molecule has 0 atom stereocenters. The van der Waals surface area contributed by atoms with Crippen LogP contribution in [0.1, 0.15) is 10.4 Å². The Hall–Kier alpha value is -3.98. The maximum Gasteiger partial charge on any atom is 0.253 e. The largest absolute Gasteiger partial charge is 0.355 e. The first-order chi connectivity index (χ1) is 16.1. The molecule has 33 heavy (non-hydrogen) atoms. The predicted octanol–water partition coefficient (Wildman–Crippen LogP) is 4.16. The van der Waals surface area contributed by atoms with Gasteiger partial charge in [0.05, 0.1) is 22.6 Å². The van der Waals surface area contributed by atoms with Crippen LogP contribution in [-0.2, 0) is 4.79 Å². The lowest BCUT2D eigenvalue weighted by molar-refractivity contribution is -0.113. The highest BCUT2D eigenvalue weighted by Gasteiger charge is 2.20. The summed E-state index contributed by atoms with van der Waals surface area (Å²) in [5.41, 5.74) is 1.84. The van der Waals surface area contributed by atoms with E-state index in [0.717, 1.165) is 17.4 Å². The van der Waals surface area contributed by atoms with Crippen molar-refractivity contribution in [1.82, 2.24) is 20.1 Å². The minimum absolute atomic E-state index is 0.0182. The molecule has 2 N–H and O–H groups in total. The Bertz CT molecular complexity index is 1290. The molecular weight excluding hydrogens is 441 g/mol. The van der Waals surface area contributed by atoms with Crippen molar-refractivity contribution in [3.8, 4) is 17.1 Å². The molecule has 0 radical (unpaired) electrons. The number of carbonyl (C=O) groups excluding carboxylic acids is 2. The Balaban J connectivity index is 1.59. The minimum atomic E-state index is -0.415. The zero-order chi connectivity index (χ0) is 23.2. The van der Waals surface area contributed by atoms with E-state index in [1.54, 1.807) is 47.0 Å². The fourth-order valence-corrected chi connectivity index (χ4v) is 3.98. The topological polar surface area (TPSA) is 88.9 Å². The molecule has 1 heterocycles. The van der Waals surface area contributed by atoms with Crippen LogP contribution >= 0.6 is 11.8 Å². The third kappa shape index (κ3) is 4.93. The summed E-state index contributed by atoms with van der Waals surface area (Å²) in [5, 5.41) is 14.2. The normalized spacial score (nSPS) is 10.6. The zero-order valence-electron chi connectivity index (χ0n) is 17.7. The van der Waals surface area contributed by atoms with Crippen LogP contribution in [0, 0.1) is 5.82 Å². The first kappa shape index (κ1) is 22.2. The number of thioether (sulfide) groups is 1. The number of nitrogens with zero attached hydrogens (tertiary/aromatic N) is 3. The van der Waals surface area contributed by atoms with Crippen LogP contribution in [-0.4, -0.2) is 39.4 Å². The van der Waals surface area contributed by atoms with E-state index in [9.17, 15) is 14.0 Å². The highest BCUT2D eigenvalue weighted by atomic mass is 32.2. The summed E-state index contributed by atoms with van der Waals surface area (Å²) in [6.45, 7) is 0. The summed E-state index contributed by atoms with van der Waals surface area (Å²) in [6, 6.07) is 22.4. The number of aromatic nitrogens is 3. The summed E-state index contributed by atoms with van der Waals surface area (Å²) in [7, 11) is 1.53. The van der Waals surface area contributed by atoms with Crippen molar-refractivity contribution >= 4 is 29.3 Å². The molecule has 0 fully saturated rings. The van der Waals surface area contributed by atoms with E-state index in [2.05, 4.69) is 20.8 Å². The van der Waals surface area contributed by atoms with Gasteiger partial charge in [0.15, 0.2) is 11.0 Å². The van der Waals surface area contributed by atoms with E-state index >= 15 is 0 Å². The number of benzene rings is 3. The molecule has 0 unspecified atom stereocenters. The molecular formula is C24H20FN5O2S. The van der Waals surface area contributed by atoms with Gasteiger partial charge in [-0.25, -0.2) is 4.39 Å². The van der Waals surface area contributed by atoms with Crippen molar-refractivity contribution < 1.29 is 14.0 Å². The molecule has 0 aliphatic heterocycles. The maximum atomic E-state index is 14.5. The molecule has 0 aliphatic carbocycles. The molecule has 3 aromatic carbocycles. The molecule has 0 aliphatic rings. The van der Waals surface area contributed by atoms with E-state index < -0.39 is 5.82 Å². The van der Waals surface area contributed by atoms with Crippen LogP contribution in [0.15, 0.2) is 84.0 Å². The van der Waals surface area contributed by atoms with E-state index in [4.69, 9.17) is 0 Å². The molecule has 0 bridgehead atoms. The molecule has 0 spiro atoms. The Morgan fingerprint density at radius 2 is 1.64 bits per heavy atom. The monoisotopic (exact) mass is 461 g/mol. The molecule has 1 aromatic heterocycles. The number of rotatable bonds is 7. The van der Waals surface area contributed by atoms with Crippen LogP contribution in [0.25, 0.3) is 17.1 Å². The average molecular weight is 462 g/mol. The summed E-state index contributed by atoms with van der Waals surface area (Å²) in [4.78, 5) is 24.7. The third-order valence-corrected chi connectivity index (χ3v) is 5.70. The lowest BCUT2D eigenvalue weighted by Crippen LogP contribution is -2.22. The fourth-order valence-electron chi connectivity index (χ4n) is 3.23. The smallest absolute Gasteiger partial charge is 0.253 e. The second kappa shape index (κ2) is 10.1. The van der Waals surface area contributed by atoms with Gasteiger partial charge in [-0.15, -0.1) is 10.2 Å². The number of nitrogens with one attached hydrogen (secondary N) is 2. The number of halogens is 1. The van der Waals surface area contributed by atoms with Crippen molar-refractivity contribution in [2.45, 2.75) is 5.16 Å². The van der Waals surface area contributed by atoms with E-state index in [0.29, 0.717) is 27.8 Å². The molecule has 4 aromatic rings. The first-order valence-corrected chi connectivity index (χ1v) is 11.1. The quantitative estimate of drug-likeness (QED) is 0.404. The zero-order valence-corrected chi connectivity index (χ0v) is 18.5. The van der Waals surface area contributed by atoms with Gasteiger partial charge >= 0.3 is 0 Å². The van der Waals surface area contributed by atoms with Gasteiger partial charge in [0.25, 0.3) is 5.91 Å². The van der Waals surface area contributed by atoms with E-state index in [-0.39, 0.29) is 17.6 Å². The molecule has 4 rings (SSSR count). The maximum absolute atomic E-state index is 14.5. The van der Waals surface area contributed by atoms with Gasteiger partial charge in [0.2, 0.25) is 5.91 Å². The fraction of sp³-hybridized carbons (Fsp3) is 0.0833. The van der Waals surface area contributed by atoms with Crippen LogP contribution in [0.3, 0.4) is 0 Å². The van der Waals surface area contributed by atoms with Crippen molar-refractivity contribution in [3.05, 3.63) is 90.2 Å². The molecule has 166 valence electrons. The van der Waals surface area contributed by atoms with Crippen molar-refractivity contribution in [1.29, 1.82) is 0 Å². The number of carbonyl (C=O) groups is 2. The van der Waals surface area contributed by atoms with Gasteiger partial charge in [-0.1, -0.05) is 54.2 Å². The van der Waals surface area contributed by atoms with E-state index in [1.165, 1.54) is 13.1 Å². The highest BCUT2D eigenvalue weighted by Crippen LogP contribution is 2.29. The predicted molar refractivity (Wildman–Crippen MR) is 126 cm³/mol. The summed E-state index contributed by atoms with van der Waals surface area (Å²) in [6.07, 6.45) is 0. The van der Waals surface area contributed by atoms with Gasteiger partial charge in [-0.3, -0.25) is 14.2 Å². The molecule has 9 heteroatoms. The van der Waals surface area contributed by atoms with Gasteiger partial charge in [0.1, 0.15) is 5.82 Å². The van der Waals surface area contributed by atoms with Gasteiger partial charge in [-0.2, -0.15) is 0 Å². The van der Waals surface area contributed by atoms with Gasteiger partial charge in [0, 0.05) is 12.7 Å². The second-order valence-electron chi connectivity index (χ2n) is 6.92. The molecule has 7 nitrogen and oxygen atoms in total. The standard InChI is InChI=1S/C24H20FN5O2S/c1-26-23(32)18-12-6-8-14-20(18)27-21(31)15-33-24-29-28-22(17-11-5-7-13-19(17)25)30(24)16-9-3-2-4-10-16/h2-14H,15H2,1H3,(H,26,32)(H,27,31). The van der Waals surface area contributed by atoms with Crippen LogP contribution in [0.2, 0.25) is 0 Å². The van der Waals surface area contributed by atoms with Crippen molar-refractivity contribution in [2.24, 2.45) is 0 Å². The van der Waals surface area contributed by atoms with Crippen molar-refractivity contribution in [2.75, 3.05) is 18.1 Å². The Morgan fingerprint density at radius 3 is 2.39 bits per heavy atom. The number of amides is 2. The number of para-hydroxylation sites is 2. The van der Waals surface area contributed by atoms with Crippen molar-refractivity contribution in [3.63, 3.8) is 0 Å². The third-order valence-electron chi connectivity index (χ3n) is 4.77. The van der Waals surface area contributed by atoms with Crippen LogP contribution in [0.4, 0.5) is 10.1 Å². The lowest BCUT2D eigenvalue weighted by Gasteiger charge is -2.12. The summed E-state index contributed by atoms with van der Waals surface area (Å²) < 4.78 is 16.2. The first-order valence-electron chi connectivity index (χ1n) is 10.1.